The minimum atomic E-state index is -0.262. The second-order valence-electron chi connectivity index (χ2n) is 13.6. The molecule has 0 bridgehead atoms. The molecular formula is C34H53N7O4. The normalized spacial score (nSPS) is 19.0. The Bertz CT molecular complexity index is 1270. The van der Waals surface area contributed by atoms with Crippen LogP contribution >= 0.6 is 0 Å². The molecule has 2 amide bonds. The number of methoxy groups -OCH3 is 2. The van der Waals surface area contributed by atoms with Crippen molar-refractivity contribution in [3.8, 4) is 5.75 Å². The van der Waals surface area contributed by atoms with Crippen molar-refractivity contribution < 1.29 is 19.1 Å². The lowest BCUT2D eigenvalue weighted by molar-refractivity contribution is -0.137. The number of nitrogens with one attached hydrogen (secondary N) is 2. The third-order valence-corrected chi connectivity index (χ3v) is 8.46. The van der Waals surface area contributed by atoms with E-state index < -0.39 is 0 Å². The summed E-state index contributed by atoms with van der Waals surface area (Å²) in [5.41, 5.74) is 1.25. The first-order valence-electron chi connectivity index (χ1n) is 16.3. The highest BCUT2D eigenvalue weighted by molar-refractivity contribution is 5.98. The van der Waals surface area contributed by atoms with Crippen molar-refractivity contribution in [3.05, 3.63) is 41.9 Å². The van der Waals surface area contributed by atoms with Crippen molar-refractivity contribution in [1.29, 1.82) is 0 Å². The molecule has 0 saturated carbocycles. The van der Waals surface area contributed by atoms with Crippen molar-refractivity contribution in [2.45, 2.75) is 58.9 Å². The van der Waals surface area contributed by atoms with Gasteiger partial charge >= 0.3 is 0 Å². The number of rotatable bonds is 12. The molecule has 2 aliphatic heterocycles. The molecule has 45 heavy (non-hydrogen) atoms. The third-order valence-electron chi connectivity index (χ3n) is 8.46. The summed E-state index contributed by atoms with van der Waals surface area (Å²) in [6, 6.07) is 7.89. The third kappa shape index (κ3) is 8.85. The second kappa shape index (κ2) is 15.7. The Morgan fingerprint density at radius 1 is 1.11 bits per heavy atom. The second-order valence-corrected chi connectivity index (χ2v) is 13.6. The van der Waals surface area contributed by atoms with Gasteiger partial charge in [-0.15, -0.1) is 0 Å². The number of hydrogen-bond acceptors (Lipinski definition) is 9. The highest BCUT2D eigenvalue weighted by Gasteiger charge is 2.37. The predicted molar refractivity (Wildman–Crippen MR) is 178 cm³/mol. The number of aromatic nitrogens is 2. The number of carbonyl (C=O) groups excluding carboxylic acids is 2. The van der Waals surface area contributed by atoms with Gasteiger partial charge in [-0.1, -0.05) is 46.8 Å². The molecule has 2 aliphatic rings. The van der Waals surface area contributed by atoms with Gasteiger partial charge in [0.1, 0.15) is 23.0 Å². The summed E-state index contributed by atoms with van der Waals surface area (Å²) in [6.07, 6.45) is 3.08. The Morgan fingerprint density at radius 3 is 2.51 bits per heavy atom. The zero-order valence-corrected chi connectivity index (χ0v) is 28.3. The van der Waals surface area contributed by atoms with Crippen LogP contribution in [0.5, 0.6) is 5.75 Å². The first kappa shape index (κ1) is 34.4. The van der Waals surface area contributed by atoms with E-state index in [2.05, 4.69) is 61.2 Å². The van der Waals surface area contributed by atoms with Crippen LogP contribution in [0.3, 0.4) is 0 Å². The monoisotopic (exact) mass is 623 g/mol. The number of piperidine rings is 1. The van der Waals surface area contributed by atoms with Gasteiger partial charge in [0.05, 0.1) is 18.7 Å². The van der Waals surface area contributed by atoms with Crippen LogP contribution in [0.1, 0.15) is 63.6 Å². The van der Waals surface area contributed by atoms with Crippen LogP contribution in [0.15, 0.2) is 30.5 Å². The molecule has 0 unspecified atom stereocenters. The SMILES string of the molecule is COCCCNc1nc(C(C)(C)C)ncc1C(=O)N(CC(C)C)[C@@H]1CNC[C@H](C(=O)N2CCN(c3ccccc3OC)CC2)C1. The molecule has 2 aromatic rings. The van der Waals surface area contributed by atoms with E-state index in [9.17, 15) is 9.59 Å². The van der Waals surface area contributed by atoms with E-state index in [4.69, 9.17) is 14.5 Å². The average molecular weight is 624 g/mol. The first-order valence-corrected chi connectivity index (χ1v) is 16.3. The molecule has 0 aliphatic carbocycles. The van der Waals surface area contributed by atoms with E-state index >= 15 is 0 Å². The van der Waals surface area contributed by atoms with Crippen LogP contribution < -0.4 is 20.3 Å². The van der Waals surface area contributed by atoms with Gasteiger partial charge < -0.3 is 34.8 Å². The standard InChI is InChI=1S/C34H53N7O4/c1-24(2)23-41(32(43)27-22-37-33(34(3,4)5)38-30(27)36-13-10-18-44-6)26-19-25(20-35-21-26)31(42)40-16-14-39(15-17-40)28-11-8-9-12-29(28)45-7/h8-9,11-12,22,24-26,35H,10,13-21,23H2,1-7H3,(H,36,37,38)/t25-,26+/m1/s1. The highest BCUT2D eigenvalue weighted by atomic mass is 16.5. The van der Waals surface area contributed by atoms with E-state index in [1.807, 2.05) is 28.0 Å². The lowest BCUT2D eigenvalue weighted by Crippen LogP contribution is -2.57. The zero-order chi connectivity index (χ0) is 32.6. The van der Waals surface area contributed by atoms with Gasteiger partial charge in [0.25, 0.3) is 5.91 Å². The summed E-state index contributed by atoms with van der Waals surface area (Å²) < 4.78 is 10.8. The Hall–Kier alpha value is -3.44. The van der Waals surface area contributed by atoms with Gasteiger partial charge in [-0.2, -0.15) is 0 Å². The summed E-state index contributed by atoms with van der Waals surface area (Å²) in [4.78, 5) is 43.7. The number of ether oxygens (including phenoxy) is 2. The number of carbonyl (C=O) groups is 2. The van der Waals surface area contributed by atoms with E-state index in [1.54, 1.807) is 20.4 Å². The van der Waals surface area contributed by atoms with Gasteiger partial charge in [0, 0.05) is 83.7 Å². The Balaban J connectivity index is 1.48. The van der Waals surface area contributed by atoms with E-state index in [0.29, 0.717) is 69.5 Å². The van der Waals surface area contributed by atoms with E-state index in [1.165, 1.54) is 0 Å². The van der Waals surface area contributed by atoms with Crippen molar-refractivity contribution in [2.75, 3.05) is 83.4 Å². The highest BCUT2D eigenvalue weighted by Crippen LogP contribution is 2.30. The molecule has 0 radical (unpaired) electrons. The summed E-state index contributed by atoms with van der Waals surface area (Å²) in [5.74, 6) is 2.17. The van der Waals surface area contributed by atoms with Crippen LogP contribution in [-0.2, 0) is 14.9 Å². The smallest absolute Gasteiger partial charge is 0.259 e. The first-order chi connectivity index (χ1) is 21.5. The lowest BCUT2D eigenvalue weighted by atomic mass is 9.92. The summed E-state index contributed by atoms with van der Waals surface area (Å²) in [7, 11) is 3.37. The molecule has 1 aromatic heterocycles. The Kier molecular flexibility index (Phi) is 12.0. The number of benzene rings is 1. The number of anilines is 2. The lowest BCUT2D eigenvalue weighted by Gasteiger charge is -2.42. The predicted octanol–water partition coefficient (Wildman–Crippen LogP) is 3.66. The van der Waals surface area contributed by atoms with Crippen molar-refractivity contribution in [1.82, 2.24) is 25.1 Å². The van der Waals surface area contributed by atoms with Gasteiger partial charge in [0.15, 0.2) is 0 Å². The molecule has 2 saturated heterocycles. The topological polar surface area (TPSA) is 112 Å². The van der Waals surface area contributed by atoms with Gasteiger partial charge in [-0.05, 0) is 30.9 Å². The molecule has 11 heteroatoms. The average Bonchev–Trinajstić information content (AvgIpc) is 3.04. The van der Waals surface area contributed by atoms with E-state index in [0.717, 1.165) is 30.9 Å². The van der Waals surface area contributed by atoms with Gasteiger partial charge in [-0.25, -0.2) is 9.97 Å². The zero-order valence-electron chi connectivity index (χ0n) is 28.3. The number of para-hydroxylation sites is 2. The minimum absolute atomic E-state index is 0.108. The summed E-state index contributed by atoms with van der Waals surface area (Å²) in [5, 5.41) is 6.86. The number of nitrogens with zero attached hydrogens (tertiary/aromatic N) is 5. The van der Waals surface area contributed by atoms with Gasteiger partial charge in [0.2, 0.25) is 5.91 Å². The molecule has 2 atom stereocenters. The largest absolute Gasteiger partial charge is 0.495 e. The maximum Gasteiger partial charge on any atom is 0.259 e. The molecule has 3 heterocycles. The molecule has 1 aromatic carbocycles. The summed E-state index contributed by atoms with van der Waals surface area (Å²) >= 11 is 0. The van der Waals surface area contributed by atoms with Crippen LogP contribution in [0.2, 0.25) is 0 Å². The minimum Gasteiger partial charge on any atom is -0.495 e. The number of hydrogen-bond donors (Lipinski definition) is 2. The quantitative estimate of drug-likeness (QED) is 0.342. The number of piperazine rings is 1. The maximum absolute atomic E-state index is 14.3. The fourth-order valence-electron chi connectivity index (χ4n) is 6.07. The van der Waals surface area contributed by atoms with Crippen LogP contribution in [-0.4, -0.2) is 111 Å². The van der Waals surface area contributed by atoms with Crippen LogP contribution in [0.4, 0.5) is 11.5 Å². The fourth-order valence-corrected chi connectivity index (χ4v) is 6.07. The Labute approximate surface area is 269 Å². The molecule has 2 N–H and O–H groups in total. The van der Waals surface area contributed by atoms with Crippen molar-refractivity contribution in [2.24, 2.45) is 11.8 Å². The fraction of sp³-hybridized carbons (Fsp3) is 0.647. The molecule has 248 valence electrons. The summed E-state index contributed by atoms with van der Waals surface area (Å²) in [6.45, 7) is 16.3. The maximum atomic E-state index is 14.3. The molecular weight excluding hydrogens is 570 g/mol. The number of amides is 2. The molecule has 11 nitrogen and oxygen atoms in total. The van der Waals surface area contributed by atoms with Crippen molar-refractivity contribution in [3.63, 3.8) is 0 Å². The van der Waals surface area contributed by atoms with Gasteiger partial charge in [-0.3, -0.25) is 9.59 Å². The van der Waals surface area contributed by atoms with Crippen LogP contribution in [0, 0.1) is 11.8 Å². The van der Waals surface area contributed by atoms with Crippen LogP contribution in [0.25, 0.3) is 0 Å². The van der Waals surface area contributed by atoms with Crippen molar-refractivity contribution >= 4 is 23.3 Å². The van der Waals surface area contributed by atoms with E-state index in [-0.39, 0.29) is 35.1 Å². The molecule has 4 rings (SSSR count). The molecule has 0 spiro atoms. The Morgan fingerprint density at radius 2 is 1.84 bits per heavy atom. The molecule has 2 fully saturated rings.